The van der Waals surface area contributed by atoms with Crippen LogP contribution in [0.1, 0.15) is 21.5 Å². The van der Waals surface area contributed by atoms with Gasteiger partial charge in [0.25, 0.3) is 5.91 Å². The van der Waals surface area contributed by atoms with Gasteiger partial charge in [0.15, 0.2) is 0 Å². The molecule has 5 aromatic rings. The molecule has 0 radical (unpaired) electrons. The Bertz CT molecular complexity index is 1690. The summed E-state index contributed by atoms with van der Waals surface area (Å²) in [5.41, 5.74) is 1.75. The fraction of sp³-hybridized carbons (Fsp3) is 0.0312. The number of rotatable bonds is 6. The van der Waals surface area contributed by atoms with Gasteiger partial charge in [-0.2, -0.15) is 5.26 Å². The van der Waals surface area contributed by atoms with Crippen LogP contribution in [0.25, 0.3) is 27.6 Å². The molecule has 178 valence electrons. The van der Waals surface area contributed by atoms with E-state index in [9.17, 15) is 14.9 Å². The molecule has 0 saturated heterocycles. The highest BCUT2D eigenvalue weighted by molar-refractivity contribution is 6.07. The van der Waals surface area contributed by atoms with Gasteiger partial charge in [0.2, 0.25) is 0 Å². The van der Waals surface area contributed by atoms with E-state index in [1.807, 2.05) is 103 Å². The molecule has 0 unspecified atom stereocenters. The van der Waals surface area contributed by atoms with Crippen LogP contribution in [0.3, 0.4) is 0 Å². The number of benzene rings is 5. The third kappa shape index (κ3) is 5.09. The van der Waals surface area contributed by atoms with Crippen molar-refractivity contribution in [2.24, 2.45) is 0 Å². The lowest BCUT2D eigenvalue weighted by atomic mass is 10.0. The van der Waals surface area contributed by atoms with E-state index < -0.39 is 11.9 Å². The Labute approximate surface area is 214 Å². The Morgan fingerprint density at radius 3 is 2.16 bits per heavy atom. The van der Waals surface area contributed by atoms with Crippen molar-refractivity contribution in [2.45, 2.75) is 6.54 Å². The van der Waals surface area contributed by atoms with E-state index in [1.165, 1.54) is 6.08 Å². The summed E-state index contributed by atoms with van der Waals surface area (Å²) in [6, 6.07) is 35.6. The summed E-state index contributed by atoms with van der Waals surface area (Å²) in [6.45, 7) is 0.289. The van der Waals surface area contributed by atoms with Crippen LogP contribution in [0.4, 0.5) is 0 Å². The number of nitrogens with one attached hydrogen (secondary N) is 1. The molecule has 0 aliphatic carbocycles. The molecule has 0 heterocycles. The number of hydrogen-bond acceptors (Lipinski definition) is 4. The van der Waals surface area contributed by atoms with Crippen LogP contribution in [-0.2, 0) is 11.3 Å². The normalized spacial score (nSPS) is 11.2. The highest BCUT2D eigenvalue weighted by Crippen LogP contribution is 2.31. The number of esters is 1. The second-order valence-electron chi connectivity index (χ2n) is 8.45. The number of fused-ring (bicyclic) bond motifs is 2. The smallest absolute Gasteiger partial charge is 0.344 e. The van der Waals surface area contributed by atoms with E-state index >= 15 is 0 Å². The van der Waals surface area contributed by atoms with Crippen molar-refractivity contribution in [3.8, 4) is 11.8 Å². The average Bonchev–Trinajstić information content (AvgIpc) is 2.95. The SMILES string of the molecule is N#C/C(=C\c1c(OC(=O)c2cccc3ccccc23)ccc2ccccc12)C(=O)NCc1ccccc1. The van der Waals surface area contributed by atoms with Gasteiger partial charge in [-0.25, -0.2) is 4.79 Å². The van der Waals surface area contributed by atoms with Crippen LogP contribution >= 0.6 is 0 Å². The Morgan fingerprint density at radius 1 is 0.757 bits per heavy atom. The predicted octanol–water partition coefficient (Wildman–Crippen LogP) is 6.44. The first-order chi connectivity index (χ1) is 18.1. The van der Waals surface area contributed by atoms with Gasteiger partial charge in [0.05, 0.1) is 5.56 Å². The summed E-state index contributed by atoms with van der Waals surface area (Å²) in [5, 5.41) is 16.0. The number of nitrogens with zero attached hydrogens (tertiary/aromatic N) is 1. The Hall–Kier alpha value is -5.21. The fourth-order valence-corrected chi connectivity index (χ4v) is 4.24. The largest absolute Gasteiger partial charge is 0.422 e. The molecule has 5 rings (SSSR count). The molecular formula is C32H22N2O3. The van der Waals surface area contributed by atoms with E-state index in [-0.39, 0.29) is 17.9 Å². The summed E-state index contributed by atoms with van der Waals surface area (Å²) in [6.07, 6.45) is 1.48. The quantitative estimate of drug-likeness (QED) is 0.131. The van der Waals surface area contributed by atoms with Crippen molar-refractivity contribution in [3.63, 3.8) is 0 Å². The molecule has 0 atom stereocenters. The first-order valence-electron chi connectivity index (χ1n) is 11.8. The minimum atomic E-state index is -0.520. The number of carbonyl (C=O) groups is 2. The molecule has 0 bridgehead atoms. The van der Waals surface area contributed by atoms with Crippen LogP contribution < -0.4 is 10.1 Å². The number of hydrogen-bond donors (Lipinski definition) is 1. The molecule has 0 fully saturated rings. The lowest BCUT2D eigenvalue weighted by Crippen LogP contribution is -2.24. The number of carbonyl (C=O) groups excluding carboxylic acids is 2. The summed E-state index contributed by atoms with van der Waals surface area (Å²) < 4.78 is 5.88. The molecule has 0 spiro atoms. The van der Waals surface area contributed by atoms with Crippen molar-refractivity contribution >= 4 is 39.5 Å². The lowest BCUT2D eigenvalue weighted by molar-refractivity contribution is -0.117. The first kappa shape index (κ1) is 23.5. The molecular weight excluding hydrogens is 460 g/mol. The van der Waals surface area contributed by atoms with Gasteiger partial charge < -0.3 is 10.1 Å². The highest BCUT2D eigenvalue weighted by Gasteiger charge is 2.17. The number of nitriles is 1. The van der Waals surface area contributed by atoms with E-state index in [0.29, 0.717) is 11.1 Å². The maximum atomic E-state index is 13.3. The van der Waals surface area contributed by atoms with Crippen molar-refractivity contribution in [2.75, 3.05) is 0 Å². The third-order valence-electron chi connectivity index (χ3n) is 6.09. The van der Waals surface area contributed by atoms with Gasteiger partial charge in [-0.3, -0.25) is 4.79 Å². The Balaban J connectivity index is 1.51. The van der Waals surface area contributed by atoms with Crippen LogP contribution in [0.2, 0.25) is 0 Å². The lowest BCUT2D eigenvalue weighted by Gasteiger charge is -2.13. The zero-order chi connectivity index (χ0) is 25.6. The minimum Gasteiger partial charge on any atom is -0.422 e. The molecule has 5 heteroatoms. The second-order valence-corrected chi connectivity index (χ2v) is 8.45. The van der Waals surface area contributed by atoms with Crippen LogP contribution in [0.15, 0.2) is 115 Å². The summed E-state index contributed by atoms with van der Waals surface area (Å²) in [7, 11) is 0. The molecule has 0 aliphatic rings. The average molecular weight is 483 g/mol. The molecule has 1 amide bonds. The van der Waals surface area contributed by atoms with Gasteiger partial charge in [-0.15, -0.1) is 0 Å². The van der Waals surface area contributed by atoms with E-state index in [0.717, 1.165) is 27.1 Å². The highest BCUT2D eigenvalue weighted by atomic mass is 16.5. The van der Waals surface area contributed by atoms with Crippen LogP contribution in [-0.4, -0.2) is 11.9 Å². The maximum absolute atomic E-state index is 13.3. The van der Waals surface area contributed by atoms with E-state index in [4.69, 9.17) is 4.74 Å². The first-order valence-corrected chi connectivity index (χ1v) is 11.8. The molecule has 0 aromatic heterocycles. The van der Waals surface area contributed by atoms with Gasteiger partial charge in [0, 0.05) is 12.1 Å². The molecule has 0 saturated carbocycles. The Morgan fingerprint density at radius 2 is 1.41 bits per heavy atom. The van der Waals surface area contributed by atoms with Gasteiger partial charge >= 0.3 is 5.97 Å². The maximum Gasteiger partial charge on any atom is 0.344 e. The molecule has 5 aromatic carbocycles. The topological polar surface area (TPSA) is 79.2 Å². The standard InChI is InChI=1S/C32H22N2O3/c33-20-25(31(35)34-21-22-9-2-1-3-10-22)19-29-27-15-7-5-12-24(27)17-18-30(29)37-32(36)28-16-8-13-23-11-4-6-14-26(23)28/h1-19H,21H2,(H,34,35)/b25-19+. The molecule has 0 aliphatic heterocycles. The summed E-state index contributed by atoms with van der Waals surface area (Å²) >= 11 is 0. The van der Waals surface area contributed by atoms with Crippen molar-refractivity contribution in [1.29, 1.82) is 5.26 Å². The van der Waals surface area contributed by atoms with Crippen molar-refractivity contribution in [3.05, 3.63) is 131 Å². The Kier molecular flexibility index (Phi) is 6.74. The minimum absolute atomic E-state index is 0.0882. The van der Waals surface area contributed by atoms with Crippen molar-refractivity contribution < 1.29 is 14.3 Å². The molecule has 5 nitrogen and oxygen atoms in total. The summed E-state index contributed by atoms with van der Waals surface area (Å²) in [5.74, 6) is -0.764. The predicted molar refractivity (Wildman–Crippen MR) is 145 cm³/mol. The van der Waals surface area contributed by atoms with Gasteiger partial charge in [-0.05, 0) is 45.3 Å². The molecule has 1 N–H and O–H groups in total. The molecule has 37 heavy (non-hydrogen) atoms. The van der Waals surface area contributed by atoms with E-state index in [2.05, 4.69) is 5.32 Å². The van der Waals surface area contributed by atoms with E-state index in [1.54, 1.807) is 12.1 Å². The number of ether oxygens (including phenoxy) is 1. The van der Waals surface area contributed by atoms with Crippen LogP contribution in [0.5, 0.6) is 5.75 Å². The van der Waals surface area contributed by atoms with Crippen LogP contribution in [0, 0.1) is 11.3 Å². The zero-order valence-electron chi connectivity index (χ0n) is 19.8. The third-order valence-corrected chi connectivity index (χ3v) is 6.09. The van der Waals surface area contributed by atoms with Crippen molar-refractivity contribution in [1.82, 2.24) is 5.32 Å². The van der Waals surface area contributed by atoms with Gasteiger partial charge in [-0.1, -0.05) is 97.1 Å². The number of amides is 1. The fourth-order valence-electron chi connectivity index (χ4n) is 4.24. The monoisotopic (exact) mass is 482 g/mol. The summed E-state index contributed by atoms with van der Waals surface area (Å²) in [4.78, 5) is 26.2. The van der Waals surface area contributed by atoms with Gasteiger partial charge in [0.1, 0.15) is 17.4 Å². The zero-order valence-corrected chi connectivity index (χ0v) is 19.8. The second kappa shape index (κ2) is 10.6.